The highest BCUT2D eigenvalue weighted by atomic mass is 79.9. The number of carbonyl (C=O) groups is 3. The van der Waals surface area contributed by atoms with Gasteiger partial charge < -0.3 is 24.5 Å². The van der Waals surface area contributed by atoms with Gasteiger partial charge in [-0.2, -0.15) is 0 Å². The third-order valence-electron chi connectivity index (χ3n) is 9.53. The monoisotopic (exact) mass is 673 g/mol. The molecule has 2 bridgehead atoms. The molecule has 3 heterocycles. The first-order chi connectivity index (χ1) is 20.8. The van der Waals surface area contributed by atoms with Crippen molar-refractivity contribution in [3.8, 4) is 5.75 Å². The highest BCUT2D eigenvalue weighted by Gasteiger charge is 2.76. The Kier molecular flexibility index (Phi) is 10.3. The summed E-state index contributed by atoms with van der Waals surface area (Å²) in [4.78, 5) is 49.0. The Bertz CT molecular complexity index is 1210. The third-order valence-corrected chi connectivity index (χ3v) is 12.7. The van der Waals surface area contributed by atoms with Crippen LogP contribution in [0.5, 0.6) is 5.75 Å². The number of halogens is 1. The fourth-order valence-corrected chi connectivity index (χ4v) is 11.4. The molecule has 1 aromatic carbocycles. The summed E-state index contributed by atoms with van der Waals surface area (Å²) in [6, 6.07) is 6.84. The molecule has 1 N–H and O–H groups in total. The maximum Gasteiger partial charge on any atom is 0.247 e. The van der Waals surface area contributed by atoms with Crippen LogP contribution < -0.4 is 9.64 Å². The number of aliphatic hydroxyl groups is 1. The lowest BCUT2D eigenvalue weighted by atomic mass is 9.70. The van der Waals surface area contributed by atoms with Crippen LogP contribution in [0.2, 0.25) is 0 Å². The normalized spacial score (nSPS) is 29.8. The van der Waals surface area contributed by atoms with E-state index in [-0.39, 0.29) is 47.0 Å². The number of anilines is 1. The molecule has 3 amide bonds. The molecule has 0 aromatic heterocycles. The third kappa shape index (κ3) is 5.79. The predicted molar refractivity (Wildman–Crippen MR) is 175 cm³/mol. The molecule has 6 atom stereocenters. The van der Waals surface area contributed by atoms with E-state index in [1.807, 2.05) is 36.1 Å². The van der Waals surface area contributed by atoms with Crippen LogP contribution in [-0.4, -0.2) is 92.4 Å². The van der Waals surface area contributed by atoms with Gasteiger partial charge in [0.25, 0.3) is 0 Å². The van der Waals surface area contributed by atoms with E-state index in [1.165, 1.54) is 6.42 Å². The van der Waals surface area contributed by atoms with E-state index in [9.17, 15) is 19.5 Å². The number of nitrogens with zero attached hydrogens (tertiary/aromatic N) is 3. The van der Waals surface area contributed by atoms with Gasteiger partial charge in [0.05, 0.1) is 23.2 Å². The molecule has 43 heavy (non-hydrogen) atoms. The number of ether oxygens (including phenoxy) is 1. The molecule has 1 saturated carbocycles. The summed E-state index contributed by atoms with van der Waals surface area (Å²) in [6.45, 7) is 11.2. The van der Waals surface area contributed by atoms with E-state index >= 15 is 0 Å². The molecule has 1 aliphatic carbocycles. The zero-order valence-corrected chi connectivity index (χ0v) is 27.4. The Labute approximate surface area is 268 Å². The van der Waals surface area contributed by atoms with Gasteiger partial charge in [0.1, 0.15) is 11.8 Å². The first-order valence-corrected chi connectivity index (χ1v) is 17.4. The topological polar surface area (TPSA) is 90.4 Å². The molecule has 3 unspecified atom stereocenters. The molecule has 1 spiro atoms. The second-order valence-electron chi connectivity index (χ2n) is 12.0. The van der Waals surface area contributed by atoms with Gasteiger partial charge in [-0.3, -0.25) is 14.4 Å². The SMILES string of the molecule is C=CCN(C(=O)[C@H]1[C@H]2C(=O)N(CCCO)C(C(=O)N(CC=C)C3CCCCC3)C23CC(Br)[C@@H]1S3)c1ccc(OCC)cc1. The fraction of sp³-hybridized carbons (Fsp3) is 0.606. The smallest absolute Gasteiger partial charge is 0.247 e. The second kappa shape index (κ2) is 13.8. The number of fused-ring (bicyclic) bond motifs is 1. The number of alkyl halides is 1. The summed E-state index contributed by atoms with van der Waals surface area (Å²) in [7, 11) is 0. The summed E-state index contributed by atoms with van der Waals surface area (Å²) in [6.07, 6.45) is 9.72. The largest absolute Gasteiger partial charge is 0.494 e. The Morgan fingerprint density at radius 1 is 1.14 bits per heavy atom. The number of thioether (sulfide) groups is 1. The molecular weight excluding hydrogens is 630 g/mol. The standard InChI is InChI=1S/C33H44BrN3O5S/c1-4-17-35(23-13-15-24(16-14-23)42-6-3)30(39)26-27-31(40)37(19-10-20-38)29(33(27)21-25(34)28(26)43-33)32(41)36(18-5-2)22-11-8-7-9-12-22/h4-5,13-16,22,25-29,38H,1-2,6-12,17-21H2,3H3/t25?,26-,27-,28-,29?,33?/m0/s1. The summed E-state index contributed by atoms with van der Waals surface area (Å²) >= 11 is 5.54. The van der Waals surface area contributed by atoms with E-state index in [0.29, 0.717) is 38.2 Å². The number of rotatable bonds is 13. The number of aliphatic hydroxyl groups excluding tert-OH is 1. The number of amides is 3. The molecule has 4 fully saturated rings. The highest BCUT2D eigenvalue weighted by molar-refractivity contribution is 9.09. The minimum atomic E-state index is -0.727. The molecule has 1 aromatic rings. The lowest BCUT2D eigenvalue weighted by Crippen LogP contribution is -2.58. The van der Waals surface area contributed by atoms with Crippen molar-refractivity contribution >= 4 is 51.1 Å². The first-order valence-electron chi connectivity index (χ1n) is 15.6. The van der Waals surface area contributed by atoms with Crippen LogP contribution >= 0.6 is 27.7 Å². The Morgan fingerprint density at radius 2 is 1.84 bits per heavy atom. The van der Waals surface area contributed by atoms with Crippen LogP contribution in [-0.2, 0) is 14.4 Å². The molecular formula is C33H44BrN3O5S. The molecule has 8 nitrogen and oxygen atoms in total. The average molecular weight is 675 g/mol. The van der Waals surface area contributed by atoms with Crippen molar-refractivity contribution in [1.29, 1.82) is 0 Å². The first kappa shape index (κ1) is 32.1. The van der Waals surface area contributed by atoms with Gasteiger partial charge in [-0.25, -0.2) is 0 Å². The van der Waals surface area contributed by atoms with Gasteiger partial charge in [0.2, 0.25) is 17.7 Å². The number of benzene rings is 1. The van der Waals surface area contributed by atoms with Crippen molar-refractivity contribution in [2.45, 2.75) is 78.8 Å². The molecule has 4 aliphatic rings. The van der Waals surface area contributed by atoms with Crippen molar-refractivity contribution < 1.29 is 24.2 Å². The molecule has 3 aliphatic heterocycles. The van der Waals surface area contributed by atoms with E-state index in [4.69, 9.17) is 4.74 Å². The predicted octanol–water partition coefficient (Wildman–Crippen LogP) is 4.80. The van der Waals surface area contributed by atoms with E-state index in [1.54, 1.807) is 33.7 Å². The quantitative estimate of drug-likeness (QED) is 0.239. The van der Waals surface area contributed by atoms with Crippen LogP contribution in [0.4, 0.5) is 5.69 Å². The summed E-state index contributed by atoms with van der Waals surface area (Å²) < 4.78 is 4.87. The Hall–Kier alpha value is -2.30. The van der Waals surface area contributed by atoms with E-state index < -0.39 is 22.6 Å². The van der Waals surface area contributed by atoms with Gasteiger partial charge in [-0.15, -0.1) is 24.9 Å². The second-order valence-corrected chi connectivity index (χ2v) is 14.7. The number of likely N-dealkylation sites (tertiary alicyclic amines) is 1. The molecule has 10 heteroatoms. The van der Waals surface area contributed by atoms with E-state index in [0.717, 1.165) is 31.4 Å². The highest BCUT2D eigenvalue weighted by Crippen LogP contribution is 2.68. The maximum absolute atomic E-state index is 14.7. The number of hydrogen-bond donors (Lipinski definition) is 1. The number of carbonyl (C=O) groups excluding carboxylic acids is 3. The summed E-state index contributed by atoms with van der Waals surface area (Å²) in [5, 5.41) is 9.58. The van der Waals surface area contributed by atoms with Crippen molar-refractivity contribution in [3.63, 3.8) is 0 Å². The molecule has 3 saturated heterocycles. The summed E-state index contributed by atoms with van der Waals surface area (Å²) in [5.41, 5.74) is 0.714. The van der Waals surface area contributed by atoms with Gasteiger partial charge in [0, 0.05) is 48.0 Å². The van der Waals surface area contributed by atoms with Crippen LogP contribution in [0.15, 0.2) is 49.6 Å². The van der Waals surface area contributed by atoms with Gasteiger partial charge in [-0.1, -0.05) is 47.3 Å². The zero-order chi connectivity index (χ0) is 30.7. The minimum Gasteiger partial charge on any atom is -0.494 e. The number of hydrogen-bond acceptors (Lipinski definition) is 6. The van der Waals surface area contributed by atoms with E-state index in [2.05, 4.69) is 29.1 Å². The van der Waals surface area contributed by atoms with Crippen molar-refractivity contribution in [1.82, 2.24) is 9.80 Å². The summed E-state index contributed by atoms with van der Waals surface area (Å²) in [5.74, 6) is -0.817. The van der Waals surface area contributed by atoms with Crippen LogP contribution in [0, 0.1) is 11.8 Å². The van der Waals surface area contributed by atoms with Crippen LogP contribution in [0.25, 0.3) is 0 Å². The fourth-order valence-electron chi connectivity index (χ4n) is 7.80. The van der Waals surface area contributed by atoms with Gasteiger partial charge in [-0.05, 0) is 56.9 Å². The maximum atomic E-state index is 14.7. The van der Waals surface area contributed by atoms with Crippen LogP contribution in [0.1, 0.15) is 51.9 Å². The van der Waals surface area contributed by atoms with Gasteiger partial charge >= 0.3 is 0 Å². The Balaban J connectivity index is 1.52. The lowest BCUT2D eigenvalue weighted by molar-refractivity contribution is -0.144. The van der Waals surface area contributed by atoms with Crippen molar-refractivity contribution in [2.75, 3.05) is 37.7 Å². The zero-order valence-electron chi connectivity index (χ0n) is 25.0. The van der Waals surface area contributed by atoms with Crippen LogP contribution in [0.3, 0.4) is 0 Å². The molecule has 5 rings (SSSR count). The van der Waals surface area contributed by atoms with Crippen molar-refractivity contribution in [3.05, 3.63) is 49.6 Å². The Morgan fingerprint density at radius 3 is 2.47 bits per heavy atom. The van der Waals surface area contributed by atoms with Crippen molar-refractivity contribution in [2.24, 2.45) is 11.8 Å². The average Bonchev–Trinajstić information content (AvgIpc) is 3.61. The molecule has 234 valence electrons. The minimum absolute atomic E-state index is 0.0166. The van der Waals surface area contributed by atoms with Gasteiger partial charge in [0.15, 0.2) is 0 Å². The lowest BCUT2D eigenvalue weighted by Gasteiger charge is -2.41. The molecule has 0 radical (unpaired) electrons.